The Morgan fingerprint density at radius 2 is 2.30 bits per heavy atom. The zero-order valence-electron chi connectivity index (χ0n) is 16.0. The minimum atomic E-state index is 0.0294. The van der Waals surface area contributed by atoms with Crippen LogP contribution in [0.2, 0.25) is 0 Å². The van der Waals surface area contributed by atoms with Gasteiger partial charge in [0.1, 0.15) is 0 Å². The maximum atomic E-state index is 12.2. The summed E-state index contributed by atoms with van der Waals surface area (Å²) >= 11 is 1.86. The van der Waals surface area contributed by atoms with Crippen LogP contribution in [0.1, 0.15) is 30.6 Å². The van der Waals surface area contributed by atoms with E-state index in [-0.39, 0.29) is 11.9 Å². The number of piperidine rings is 1. The van der Waals surface area contributed by atoms with Gasteiger partial charge < -0.3 is 10.6 Å². The number of amides is 1. The van der Waals surface area contributed by atoms with Crippen LogP contribution in [0.3, 0.4) is 0 Å². The Kier molecular flexibility index (Phi) is 5.90. The summed E-state index contributed by atoms with van der Waals surface area (Å²) in [6.07, 6.45) is 8.49. The number of likely N-dealkylation sites (tertiary alicyclic amines) is 1. The van der Waals surface area contributed by atoms with Crippen molar-refractivity contribution in [3.8, 4) is 10.4 Å². The zero-order chi connectivity index (χ0) is 18.6. The molecule has 2 aliphatic heterocycles. The lowest BCUT2D eigenvalue weighted by Gasteiger charge is -2.32. The van der Waals surface area contributed by atoms with Crippen LogP contribution in [0, 0.1) is 5.92 Å². The molecule has 2 aromatic rings. The van der Waals surface area contributed by atoms with E-state index in [9.17, 15) is 4.79 Å². The van der Waals surface area contributed by atoms with Crippen molar-refractivity contribution < 1.29 is 4.79 Å². The Morgan fingerprint density at radius 1 is 1.37 bits per heavy atom. The summed E-state index contributed by atoms with van der Waals surface area (Å²) in [5, 5.41) is 10.7. The molecule has 4 heterocycles. The average Bonchev–Trinajstić information content (AvgIpc) is 3.41. The Labute approximate surface area is 164 Å². The van der Waals surface area contributed by atoms with Gasteiger partial charge in [0.15, 0.2) is 0 Å². The van der Waals surface area contributed by atoms with E-state index in [0.717, 1.165) is 45.6 Å². The molecule has 2 aliphatic rings. The third kappa shape index (κ3) is 4.78. The van der Waals surface area contributed by atoms with E-state index < -0.39 is 0 Å². The normalized spacial score (nSPS) is 23.6. The van der Waals surface area contributed by atoms with Gasteiger partial charge in [-0.15, -0.1) is 11.3 Å². The van der Waals surface area contributed by atoms with E-state index in [0.29, 0.717) is 5.92 Å². The summed E-state index contributed by atoms with van der Waals surface area (Å²) < 4.78 is 1.85. The van der Waals surface area contributed by atoms with Crippen molar-refractivity contribution >= 4 is 17.2 Å². The summed E-state index contributed by atoms with van der Waals surface area (Å²) in [5.74, 6) is 0.742. The number of rotatable bonds is 6. The Morgan fingerprint density at radius 3 is 3.07 bits per heavy atom. The van der Waals surface area contributed by atoms with Gasteiger partial charge in [0.2, 0.25) is 5.91 Å². The highest BCUT2D eigenvalue weighted by Gasteiger charge is 2.24. The molecule has 0 radical (unpaired) electrons. The highest BCUT2D eigenvalue weighted by atomic mass is 32.1. The van der Waals surface area contributed by atoms with Crippen molar-refractivity contribution in [1.29, 1.82) is 0 Å². The van der Waals surface area contributed by atoms with Crippen LogP contribution in [0.15, 0.2) is 24.5 Å². The molecule has 146 valence electrons. The fraction of sp³-hybridized carbons (Fsp3) is 0.600. The Bertz CT molecular complexity index is 764. The molecule has 0 spiro atoms. The van der Waals surface area contributed by atoms with E-state index in [1.807, 2.05) is 29.3 Å². The second-order valence-electron chi connectivity index (χ2n) is 7.81. The summed E-state index contributed by atoms with van der Waals surface area (Å²) in [5.41, 5.74) is 1.19. The molecule has 2 N–H and O–H groups in total. The Balaban J connectivity index is 1.27. The molecule has 2 aromatic heterocycles. The minimum Gasteiger partial charge on any atom is -0.354 e. The van der Waals surface area contributed by atoms with E-state index in [2.05, 4.69) is 39.0 Å². The number of nitrogens with one attached hydrogen (secondary N) is 2. The van der Waals surface area contributed by atoms with Gasteiger partial charge >= 0.3 is 0 Å². The fourth-order valence-electron chi connectivity index (χ4n) is 4.12. The van der Waals surface area contributed by atoms with Crippen LogP contribution in [0.4, 0.5) is 0 Å². The minimum absolute atomic E-state index is 0.0294. The maximum absolute atomic E-state index is 12.2. The van der Waals surface area contributed by atoms with E-state index >= 15 is 0 Å². The first-order chi connectivity index (χ1) is 13.2. The van der Waals surface area contributed by atoms with Gasteiger partial charge in [0.05, 0.1) is 12.2 Å². The standard InChI is InChI=1S/C20H29N5OS/c1-24-13-16(11-23-24)19-7-6-17(27-19)14-25-9-3-4-15(12-25)10-22-20(26)18-5-2-8-21-18/h6-7,11,13,15,18,21H,2-5,8-10,12,14H2,1H3,(H,22,26). The van der Waals surface area contributed by atoms with Crippen LogP contribution in [0.5, 0.6) is 0 Å². The lowest BCUT2D eigenvalue weighted by atomic mass is 9.97. The number of thiophene rings is 1. The summed E-state index contributed by atoms with van der Waals surface area (Å²) in [6.45, 7) is 4.99. The first-order valence-corrected chi connectivity index (χ1v) is 10.8. The van der Waals surface area contributed by atoms with Crippen LogP contribution in [0.25, 0.3) is 10.4 Å². The highest BCUT2D eigenvalue weighted by molar-refractivity contribution is 7.15. The van der Waals surface area contributed by atoms with Crippen molar-refractivity contribution in [3.63, 3.8) is 0 Å². The number of nitrogens with zero attached hydrogens (tertiary/aromatic N) is 3. The first kappa shape index (κ1) is 18.7. The molecule has 2 fully saturated rings. The van der Waals surface area contributed by atoms with Gasteiger partial charge in [-0.1, -0.05) is 0 Å². The predicted octanol–water partition coefficient (Wildman–Crippen LogP) is 2.23. The molecular weight excluding hydrogens is 358 g/mol. The van der Waals surface area contributed by atoms with Gasteiger partial charge in [0, 0.05) is 48.2 Å². The van der Waals surface area contributed by atoms with E-state index in [1.54, 1.807) is 0 Å². The van der Waals surface area contributed by atoms with Crippen molar-refractivity contribution in [3.05, 3.63) is 29.4 Å². The molecule has 0 bridgehead atoms. The molecule has 4 rings (SSSR count). The maximum Gasteiger partial charge on any atom is 0.237 e. The van der Waals surface area contributed by atoms with E-state index in [1.165, 1.54) is 28.2 Å². The third-order valence-electron chi connectivity index (χ3n) is 5.58. The molecule has 7 heteroatoms. The number of carbonyl (C=O) groups is 1. The SMILES string of the molecule is Cn1cc(-c2ccc(CN3CCCC(CNC(=O)C4CCCN4)C3)s2)cn1. The fourth-order valence-corrected chi connectivity index (χ4v) is 5.15. The molecule has 2 saturated heterocycles. The first-order valence-electron chi connectivity index (χ1n) is 9.98. The second-order valence-corrected chi connectivity index (χ2v) is 8.97. The topological polar surface area (TPSA) is 62.2 Å². The largest absolute Gasteiger partial charge is 0.354 e. The number of hydrogen-bond donors (Lipinski definition) is 2. The summed E-state index contributed by atoms with van der Waals surface area (Å²) in [6, 6.07) is 4.47. The number of carbonyl (C=O) groups excluding carboxylic acids is 1. The van der Waals surface area contributed by atoms with Crippen molar-refractivity contribution in [1.82, 2.24) is 25.3 Å². The van der Waals surface area contributed by atoms with Crippen molar-refractivity contribution in [2.45, 2.75) is 38.3 Å². The molecule has 2 unspecified atom stereocenters. The van der Waals surface area contributed by atoms with Crippen LogP contribution >= 0.6 is 11.3 Å². The predicted molar refractivity (Wildman–Crippen MR) is 109 cm³/mol. The van der Waals surface area contributed by atoms with E-state index in [4.69, 9.17) is 0 Å². The number of aromatic nitrogens is 2. The third-order valence-corrected chi connectivity index (χ3v) is 6.69. The Hall–Kier alpha value is -1.70. The van der Waals surface area contributed by atoms with Crippen LogP contribution in [-0.4, -0.2) is 52.8 Å². The summed E-state index contributed by atoms with van der Waals surface area (Å²) in [4.78, 5) is 17.4. The van der Waals surface area contributed by atoms with Gasteiger partial charge in [-0.05, 0) is 56.8 Å². The smallest absolute Gasteiger partial charge is 0.237 e. The highest BCUT2D eigenvalue weighted by Crippen LogP contribution is 2.29. The molecule has 0 aromatic carbocycles. The van der Waals surface area contributed by atoms with Gasteiger partial charge in [-0.3, -0.25) is 14.4 Å². The van der Waals surface area contributed by atoms with Crippen LogP contribution in [-0.2, 0) is 18.4 Å². The molecule has 2 atom stereocenters. The summed E-state index contributed by atoms with van der Waals surface area (Å²) in [7, 11) is 1.95. The quantitative estimate of drug-likeness (QED) is 0.798. The monoisotopic (exact) mass is 387 g/mol. The second kappa shape index (κ2) is 8.54. The zero-order valence-corrected chi connectivity index (χ0v) is 16.8. The molecule has 1 amide bonds. The molecule has 27 heavy (non-hydrogen) atoms. The number of hydrogen-bond acceptors (Lipinski definition) is 5. The van der Waals surface area contributed by atoms with Gasteiger partial charge in [-0.2, -0.15) is 5.10 Å². The lowest BCUT2D eigenvalue weighted by molar-refractivity contribution is -0.123. The molecule has 6 nitrogen and oxygen atoms in total. The van der Waals surface area contributed by atoms with Crippen molar-refractivity contribution in [2.24, 2.45) is 13.0 Å². The molecule has 0 aliphatic carbocycles. The average molecular weight is 388 g/mol. The van der Waals surface area contributed by atoms with Gasteiger partial charge in [-0.25, -0.2) is 0 Å². The molecular formula is C20H29N5OS. The lowest BCUT2D eigenvalue weighted by Crippen LogP contribution is -2.45. The van der Waals surface area contributed by atoms with Crippen molar-refractivity contribution in [2.75, 3.05) is 26.2 Å². The number of aryl methyl sites for hydroxylation is 1. The van der Waals surface area contributed by atoms with Crippen LogP contribution < -0.4 is 10.6 Å². The van der Waals surface area contributed by atoms with Gasteiger partial charge in [0.25, 0.3) is 0 Å². The molecule has 0 saturated carbocycles.